The lowest BCUT2D eigenvalue weighted by atomic mass is 10.1. The van der Waals surface area contributed by atoms with Gasteiger partial charge < -0.3 is 5.32 Å². The molecular formula is C12H12FNS. The molecule has 1 aromatic carbocycles. The fraction of sp³-hybridized carbons (Fsp3) is 0.167. The second-order valence-corrected chi connectivity index (χ2v) is 4.14. The van der Waals surface area contributed by atoms with Crippen molar-refractivity contribution in [2.45, 2.75) is 6.54 Å². The van der Waals surface area contributed by atoms with E-state index in [4.69, 9.17) is 0 Å². The van der Waals surface area contributed by atoms with Crippen LogP contribution >= 0.6 is 11.3 Å². The number of benzene rings is 1. The normalized spacial score (nSPS) is 10.5. The molecule has 1 heterocycles. The van der Waals surface area contributed by atoms with Crippen LogP contribution in [0.15, 0.2) is 35.0 Å². The van der Waals surface area contributed by atoms with E-state index < -0.39 is 0 Å². The fourth-order valence-electron chi connectivity index (χ4n) is 1.53. The van der Waals surface area contributed by atoms with Crippen molar-refractivity contribution in [1.82, 2.24) is 5.32 Å². The van der Waals surface area contributed by atoms with Crippen LogP contribution in [0.2, 0.25) is 0 Å². The first-order valence-electron chi connectivity index (χ1n) is 4.77. The smallest absolute Gasteiger partial charge is 0.131 e. The summed E-state index contributed by atoms with van der Waals surface area (Å²) >= 11 is 1.58. The highest BCUT2D eigenvalue weighted by molar-refractivity contribution is 7.08. The first-order valence-corrected chi connectivity index (χ1v) is 5.71. The van der Waals surface area contributed by atoms with Crippen molar-refractivity contribution < 1.29 is 4.39 Å². The lowest BCUT2D eigenvalue weighted by Crippen LogP contribution is -2.05. The Morgan fingerprint density at radius 3 is 2.87 bits per heavy atom. The van der Waals surface area contributed by atoms with Gasteiger partial charge in [-0.15, -0.1) is 0 Å². The van der Waals surface area contributed by atoms with Gasteiger partial charge in [0, 0.05) is 12.1 Å². The number of hydrogen-bond donors (Lipinski definition) is 1. The quantitative estimate of drug-likeness (QED) is 0.838. The van der Waals surface area contributed by atoms with Gasteiger partial charge in [0.1, 0.15) is 5.82 Å². The van der Waals surface area contributed by atoms with Crippen LogP contribution in [0.4, 0.5) is 4.39 Å². The standard InChI is InChI=1S/C12H12FNS/c1-14-7-9-2-3-12(13)11(6-9)10-4-5-15-8-10/h2-6,8,14H,7H2,1H3. The second-order valence-electron chi connectivity index (χ2n) is 3.36. The molecule has 0 atom stereocenters. The van der Waals surface area contributed by atoms with Gasteiger partial charge in [0.05, 0.1) is 0 Å². The summed E-state index contributed by atoms with van der Waals surface area (Å²) in [6.07, 6.45) is 0. The summed E-state index contributed by atoms with van der Waals surface area (Å²) in [6.45, 7) is 0.761. The monoisotopic (exact) mass is 221 g/mol. The van der Waals surface area contributed by atoms with E-state index in [1.54, 1.807) is 11.3 Å². The minimum absolute atomic E-state index is 0.159. The number of halogens is 1. The van der Waals surface area contributed by atoms with Crippen LogP contribution in [-0.2, 0) is 6.54 Å². The van der Waals surface area contributed by atoms with Gasteiger partial charge in [-0.1, -0.05) is 6.07 Å². The molecule has 0 amide bonds. The SMILES string of the molecule is CNCc1ccc(F)c(-c2ccsc2)c1. The average molecular weight is 221 g/mol. The molecule has 0 aliphatic rings. The molecular weight excluding hydrogens is 209 g/mol. The highest BCUT2D eigenvalue weighted by atomic mass is 32.1. The molecule has 0 unspecified atom stereocenters. The minimum atomic E-state index is -0.159. The van der Waals surface area contributed by atoms with Crippen molar-refractivity contribution in [3.63, 3.8) is 0 Å². The van der Waals surface area contributed by atoms with Crippen molar-refractivity contribution in [2.75, 3.05) is 7.05 Å². The lowest BCUT2D eigenvalue weighted by Gasteiger charge is -2.04. The molecule has 78 valence electrons. The van der Waals surface area contributed by atoms with Gasteiger partial charge in [0.15, 0.2) is 0 Å². The predicted molar refractivity (Wildman–Crippen MR) is 62.5 cm³/mol. The van der Waals surface area contributed by atoms with Crippen LogP contribution in [0.1, 0.15) is 5.56 Å². The van der Waals surface area contributed by atoms with E-state index in [1.165, 1.54) is 6.07 Å². The zero-order valence-electron chi connectivity index (χ0n) is 8.46. The second kappa shape index (κ2) is 4.55. The largest absolute Gasteiger partial charge is 0.316 e. The van der Waals surface area contributed by atoms with Gasteiger partial charge in [-0.05, 0) is 47.1 Å². The zero-order chi connectivity index (χ0) is 10.7. The molecule has 0 radical (unpaired) electrons. The number of hydrogen-bond acceptors (Lipinski definition) is 2. The molecule has 0 aliphatic carbocycles. The molecule has 0 saturated heterocycles. The van der Waals surface area contributed by atoms with E-state index in [1.807, 2.05) is 36.0 Å². The number of rotatable bonds is 3. The van der Waals surface area contributed by atoms with Crippen LogP contribution in [0.5, 0.6) is 0 Å². The molecule has 0 spiro atoms. The zero-order valence-corrected chi connectivity index (χ0v) is 9.27. The Hall–Kier alpha value is -1.19. The van der Waals surface area contributed by atoms with Crippen LogP contribution < -0.4 is 5.32 Å². The molecule has 0 saturated carbocycles. The van der Waals surface area contributed by atoms with Crippen LogP contribution in [0, 0.1) is 5.82 Å². The fourth-order valence-corrected chi connectivity index (χ4v) is 2.18. The van der Waals surface area contributed by atoms with Gasteiger partial charge in [0.2, 0.25) is 0 Å². The van der Waals surface area contributed by atoms with E-state index >= 15 is 0 Å². The molecule has 2 rings (SSSR count). The summed E-state index contributed by atoms with van der Waals surface area (Å²) in [7, 11) is 1.88. The predicted octanol–water partition coefficient (Wildman–Crippen LogP) is 3.27. The molecule has 15 heavy (non-hydrogen) atoms. The lowest BCUT2D eigenvalue weighted by molar-refractivity contribution is 0.630. The number of nitrogens with one attached hydrogen (secondary N) is 1. The minimum Gasteiger partial charge on any atom is -0.316 e. The summed E-state index contributed by atoms with van der Waals surface area (Å²) < 4.78 is 13.6. The first-order chi connectivity index (χ1) is 7.31. The maximum atomic E-state index is 13.6. The third-order valence-corrected chi connectivity index (χ3v) is 2.93. The van der Waals surface area contributed by atoms with Crippen LogP contribution in [-0.4, -0.2) is 7.05 Å². The third kappa shape index (κ3) is 2.25. The highest BCUT2D eigenvalue weighted by Gasteiger charge is 2.06. The maximum Gasteiger partial charge on any atom is 0.131 e. The average Bonchev–Trinajstić information content (AvgIpc) is 2.74. The van der Waals surface area contributed by atoms with E-state index in [-0.39, 0.29) is 5.82 Å². The Kier molecular flexibility index (Phi) is 3.14. The van der Waals surface area contributed by atoms with E-state index in [9.17, 15) is 4.39 Å². The van der Waals surface area contributed by atoms with Gasteiger partial charge in [-0.2, -0.15) is 11.3 Å². The van der Waals surface area contributed by atoms with Crippen molar-refractivity contribution >= 4 is 11.3 Å². The van der Waals surface area contributed by atoms with Gasteiger partial charge in [-0.25, -0.2) is 4.39 Å². The van der Waals surface area contributed by atoms with Crippen LogP contribution in [0.25, 0.3) is 11.1 Å². The molecule has 3 heteroatoms. The Morgan fingerprint density at radius 2 is 2.20 bits per heavy atom. The maximum absolute atomic E-state index is 13.6. The molecule has 0 fully saturated rings. The Balaban J connectivity index is 2.41. The third-order valence-electron chi connectivity index (χ3n) is 2.24. The van der Waals surface area contributed by atoms with Crippen molar-refractivity contribution in [2.24, 2.45) is 0 Å². The molecule has 2 aromatic rings. The van der Waals surface area contributed by atoms with Gasteiger partial charge in [0.25, 0.3) is 0 Å². The van der Waals surface area contributed by atoms with Crippen molar-refractivity contribution in [1.29, 1.82) is 0 Å². The van der Waals surface area contributed by atoms with Crippen molar-refractivity contribution in [3.05, 3.63) is 46.4 Å². The molecule has 0 bridgehead atoms. The summed E-state index contributed by atoms with van der Waals surface area (Å²) in [5.74, 6) is -0.159. The molecule has 0 aliphatic heterocycles. The van der Waals surface area contributed by atoms with E-state index in [0.717, 1.165) is 17.7 Å². The number of thiophene rings is 1. The topological polar surface area (TPSA) is 12.0 Å². The summed E-state index contributed by atoms with van der Waals surface area (Å²) in [5, 5.41) is 6.97. The van der Waals surface area contributed by atoms with E-state index in [0.29, 0.717) is 5.56 Å². The van der Waals surface area contributed by atoms with Crippen molar-refractivity contribution in [3.8, 4) is 11.1 Å². The summed E-state index contributed by atoms with van der Waals surface area (Å²) in [4.78, 5) is 0. The Morgan fingerprint density at radius 1 is 1.33 bits per heavy atom. The van der Waals surface area contributed by atoms with E-state index in [2.05, 4.69) is 5.32 Å². The molecule has 1 nitrogen and oxygen atoms in total. The Labute approximate surface area is 92.6 Å². The summed E-state index contributed by atoms with van der Waals surface area (Å²) in [6, 6.07) is 7.17. The highest BCUT2D eigenvalue weighted by Crippen LogP contribution is 2.25. The summed E-state index contributed by atoms with van der Waals surface area (Å²) in [5.41, 5.74) is 2.74. The van der Waals surface area contributed by atoms with Gasteiger partial charge >= 0.3 is 0 Å². The van der Waals surface area contributed by atoms with Crippen LogP contribution in [0.3, 0.4) is 0 Å². The molecule has 1 aromatic heterocycles. The first kappa shape index (κ1) is 10.3. The van der Waals surface area contributed by atoms with Gasteiger partial charge in [-0.3, -0.25) is 0 Å². The molecule has 1 N–H and O–H groups in total. The Bertz CT molecular complexity index is 437.